The lowest BCUT2D eigenvalue weighted by atomic mass is 10.2. The molecule has 0 aromatic carbocycles. The molecule has 3 heterocycles. The number of carbonyl (C=O) groups excluding carboxylic acids is 1. The van der Waals surface area contributed by atoms with Crippen LogP contribution in [0.2, 0.25) is 0 Å². The van der Waals surface area contributed by atoms with Gasteiger partial charge in [-0.25, -0.2) is 4.98 Å². The molecule has 1 N–H and O–H groups in total. The Morgan fingerprint density at radius 1 is 1.39 bits per heavy atom. The molecular weight excluding hydrogens is 314 g/mol. The van der Waals surface area contributed by atoms with Gasteiger partial charge in [0.25, 0.3) is 5.91 Å². The van der Waals surface area contributed by atoms with E-state index in [2.05, 4.69) is 9.97 Å². The third-order valence-corrected chi connectivity index (χ3v) is 4.14. The molecule has 0 fully saturated rings. The van der Waals surface area contributed by atoms with E-state index >= 15 is 0 Å². The Balaban J connectivity index is 1.78. The van der Waals surface area contributed by atoms with Crippen molar-refractivity contribution < 1.29 is 14.3 Å². The van der Waals surface area contributed by atoms with Crippen LogP contribution in [0.5, 0.6) is 0 Å². The Labute approximate surface area is 137 Å². The molecule has 3 aromatic heterocycles. The van der Waals surface area contributed by atoms with Crippen LogP contribution in [0.3, 0.4) is 0 Å². The van der Waals surface area contributed by atoms with Gasteiger partial charge in [-0.3, -0.25) is 9.78 Å². The van der Waals surface area contributed by atoms with Crippen molar-refractivity contribution in [1.82, 2.24) is 14.9 Å². The third kappa shape index (κ3) is 3.64. The van der Waals surface area contributed by atoms with Crippen molar-refractivity contribution in [3.63, 3.8) is 0 Å². The first-order valence-electron chi connectivity index (χ1n) is 7.05. The predicted molar refractivity (Wildman–Crippen MR) is 85.9 cm³/mol. The van der Waals surface area contributed by atoms with Gasteiger partial charge < -0.3 is 14.4 Å². The molecule has 0 aliphatic heterocycles. The van der Waals surface area contributed by atoms with Gasteiger partial charge in [-0.1, -0.05) is 6.07 Å². The van der Waals surface area contributed by atoms with Crippen molar-refractivity contribution >= 4 is 17.2 Å². The van der Waals surface area contributed by atoms with Gasteiger partial charge in [0.15, 0.2) is 0 Å². The molecule has 7 heteroatoms. The summed E-state index contributed by atoms with van der Waals surface area (Å²) in [5, 5.41) is 11.7. The second-order valence-electron chi connectivity index (χ2n) is 4.86. The van der Waals surface area contributed by atoms with Crippen molar-refractivity contribution in [2.45, 2.75) is 6.54 Å². The van der Waals surface area contributed by atoms with Gasteiger partial charge in [-0.2, -0.15) is 0 Å². The summed E-state index contributed by atoms with van der Waals surface area (Å²) < 4.78 is 5.03. The first-order chi connectivity index (χ1) is 11.3. The Morgan fingerprint density at radius 2 is 2.30 bits per heavy atom. The lowest BCUT2D eigenvalue weighted by Gasteiger charge is -2.20. The van der Waals surface area contributed by atoms with E-state index in [1.54, 1.807) is 41.3 Å². The van der Waals surface area contributed by atoms with E-state index < -0.39 is 0 Å². The smallest absolute Gasteiger partial charge is 0.273 e. The van der Waals surface area contributed by atoms with Crippen molar-refractivity contribution in [1.29, 1.82) is 0 Å². The number of aromatic nitrogens is 2. The number of hydrogen-bond donors (Lipinski definition) is 1. The molecule has 0 aliphatic rings. The van der Waals surface area contributed by atoms with E-state index in [0.29, 0.717) is 12.2 Å². The molecule has 1 amide bonds. The molecule has 118 valence electrons. The van der Waals surface area contributed by atoms with Crippen molar-refractivity contribution in [2.24, 2.45) is 0 Å². The van der Waals surface area contributed by atoms with E-state index in [4.69, 9.17) is 4.42 Å². The highest BCUT2D eigenvalue weighted by atomic mass is 32.1. The third-order valence-electron chi connectivity index (χ3n) is 3.24. The van der Waals surface area contributed by atoms with Gasteiger partial charge >= 0.3 is 0 Å². The molecule has 0 spiro atoms. The maximum atomic E-state index is 12.6. The van der Waals surface area contributed by atoms with E-state index in [1.165, 1.54) is 11.3 Å². The molecular formula is C16H15N3O3S. The van der Waals surface area contributed by atoms with Crippen LogP contribution >= 0.6 is 11.3 Å². The number of amides is 1. The summed E-state index contributed by atoms with van der Waals surface area (Å²) in [6.45, 7) is 0.517. The van der Waals surface area contributed by atoms with Crippen LogP contribution in [0.25, 0.3) is 10.6 Å². The largest absolute Gasteiger partial charge is 0.472 e. The Morgan fingerprint density at radius 3 is 3.00 bits per heavy atom. The van der Waals surface area contributed by atoms with E-state index in [-0.39, 0.29) is 19.1 Å². The highest BCUT2D eigenvalue weighted by Gasteiger charge is 2.19. The summed E-state index contributed by atoms with van der Waals surface area (Å²) in [6, 6.07) is 5.51. The molecule has 0 saturated heterocycles. The fourth-order valence-electron chi connectivity index (χ4n) is 2.14. The molecule has 23 heavy (non-hydrogen) atoms. The summed E-state index contributed by atoms with van der Waals surface area (Å²) in [6.07, 6.45) is 6.54. The molecule has 0 unspecified atom stereocenters. The summed E-state index contributed by atoms with van der Waals surface area (Å²) in [5.41, 5.74) is 2.11. The highest BCUT2D eigenvalue weighted by Crippen LogP contribution is 2.24. The molecule has 0 atom stereocenters. The highest BCUT2D eigenvalue weighted by molar-refractivity contribution is 7.13. The topological polar surface area (TPSA) is 79.5 Å². The maximum absolute atomic E-state index is 12.6. The van der Waals surface area contributed by atoms with E-state index in [1.807, 2.05) is 12.1 Å². The van der Waals surface area contributed by atoms with Crippen LogP contribution in [-0.2, 0) is 6.54 Å². The average molecular weight is 329 g/mol. The lowest BCUT2D eigenvalue weighted by molar-refractivity contribution is 0.0702. The van der Waals surface area contributed by atoms with Crippen LogP contribution < -0.4 is 0 Å². The van der Waals surface area contributed by atoms with Gasteiger partial charge in [-0.15, -0.1) is 11.3 Å². The molecule has 3 aromatic rings. The number of furan rings is 1. The monoisotopic (exact) mass is 329 g/mol. The second-order valence-corrected chi connectivity index (χ2v) is 5.72. The fourth-order valence-corrected chi connectivity index (χ4v) is 2.92. The van der Waals surface area contributed by atoms with Crippen LogP contribution in [0, 0.1) is 0 Å². The molecule has 0 radical (unpaired) electrons. The van der Waals surface area contributed by atoms with Gasteiger partial charge in [0.05, 0.1) is 12.9 Å². The van der Waals surface area contributed by atoms with Gasteiger partial charge in [0, 0.05) is 36.4 Å². The number of pyridine rings is 1. The fraction of sp³-hybridized carbons (Fsp3) is 0.188. The number of aliphatic hydroxyl groups excluding tert-OH is 1. The van der Waals surface area contributed by atoms with E-state index in [9.17, 15) is 9.90 Å². The van der Waals surface area contributed by atoms with Crippen LogP contribution in [-0.4, -0.2) is 39.0 Å². The normalized spacial score (nSPS) is 10.7. The zero-order valence-corrected chi connectivity index (χ0v) is 13.1. The maximum Gasteiger partial charge on any atom is 0.273 e. The van der Waals surface area contributed by atoms with E-state index in [0.717, 1.165) is 16.1 Å². The average Bonchev–Trinajstić information content (AvgIpc) is 3.26. The minimum absolute atomic E-state index is 0.106. The summed E-state index contributed by atoms with van der Waals surface area (Å²) >= 11 is 1.38. The summed E-state index contributed by atoms with van der Waals surface area (Å²) in [7, 11) is 0. The molecule has 0 aliphatic carbocycles. The second kappa shape index (κ2) is 7.17. The molecule has 3 rings (SSSR count). The summed E-state index contributed by atoms with van der Waals surface area (Å²) in [4.78, 5) is 22.6. The standard InChI is InChI=1S/C16H15N3O3S/c20-6-5-19(9-12-2-1-4-17-8-12)16(21)14-11-23-15(18-14)13-3-7-22-10-13/h1-4,7-8,10-11,20H,5-6,9H2. The minimum atomic E-state index is -0.214. The minimum Gasteiger partial charge on any atom is -0.472 e. The predicted octanol–water partition coefficient (Wildman–Crippen LogP) is 2.43. The SMILES string of the molecule is O=C(c1csc(-c2ccoc2)n1)N(CCO)Cc1cccnc1. The number of thiazole rings is 1. The first-order valence-corrected chi connectivity index (χ1v) is 7.93. The number of aliphatic hydroxyl groups is 1. The van der Waals surface area contributed by atoms with Crippen molar-refractivity contribution in [2.75, 3.05) is 13.2 Å². The zero-order chi connectivity index (χ0) is 16.1. The van der Waals surface area contributed by atoms with Gasteiger partial charge in [-0.05, 0) is 17.7 Å². The Kier molecular flexibility index (Phi) is 4.80. The molecule has 6 nitrogen and oxygen atoms in total. The van der Waals surface area contributed by atoms with Crippen LogP contribution in [0.15, 0.2) is 52.9 Å². The van der Waals surface area contributed by atoms with Gasteiger partial charge in [0.2, 0.25) is 0 Å². The quantitative estimate of drug-likeness (QED) is 0.751. The number of carbonyl (C=O) groups is 1. The number of nitrogens with zero attached hydrogens (tertiary/aromatic N) is 3. The van der Waals surface area contributed by atoms with Crippen molar-refractivity contribution in [3.05, 3.63) is 59.8 Å². The zero-order valence-electron chi connectivity index (χ0n) is 12.3. The van der Waals surface area contributed by atoms with Crippen molar-refractivity contribution in [3.8, 4) is 10.6 Å². The number of hydrogen-bond acceptors (Lipinski definition) is 6. The molecule has 0 bridgehead atoms. The molecule has 0 saturated carbocycles. The van der Waals surface area contributed by atoms with Gasteiger partial charge in [0.1, 0.15) is 17.0 Å². The Bertz CT molecular complexity index is 756. The van der Waals surface area contributed by atoms with Crippen LogP contribution in [0.4, 0.5) is 0 Å². The number of rotatable bonds is 6. The lowest BCUT2D eigenvalue weighted by Crippen LogP contribution is -2.33. The Hall–Kier alpha value is -2.51. The van der Waals surface area contributed by atoms with Crippen LogP contribution in [0.1, 0.15) is 16.1 Å². The summed E-state index contributed by atoms with van der Waals surface area (Å²) in [5.74, 6) is -0.214. The first kappa shape index (κ1) is 15.4.